The zero-order valence-corrected chi connectivity index (χ0v) is 19.6. The lowest BCUT2D eigenvalue weighted by molar-refractivity contribution is -0.147. The molecule has 8 heteroatoms. The average molecular weight is 522 g/mol. The van der Waals surface area contributed by atoms with E-state index >= 15 is 0 Å². The fraction of sp³-hybridized carbons (Fsp3) is 0.154. The number of carbonyl (C=O) groups excluding carboxylic acids is 4. The monoisotopic (exact) mass is 521 g/mol. The number of hydrogen-bond donors (Lipinski definition) is 0. The molecule has 3 aromatic rings. The van der Waals surface area contributed by atoms with E-state index in [0.29, 0.717) is 22.6 Å². The smallest absolute Gasteiger partial charge is 0.343 e. The number of nitrogens with zero attached hydrogens (tertiary/aromatic N) is 1. The third-order valence-corrected chi connectivity index (χ3v) is 5.87. The summed E-state index contributed by atoms with van der Waals surface area (Å²) >= 11 is 3.35. The van der Waals surface area contributed by atoms with E-state index in [2.05, 4.69) is 15.9 Å². The SMILES string of the molecule is O=C(COC(=O)C1CC(=O)N(c2ccc(Br)cc2)C1)c1ccc(OC(=O)c2ccccc2)cc1. The number of carbonyl (C=O) groups is 4. The maximum Gasteiger partial charge on any atom is 0.343 e. The number of Topliss-reactive ketones (excluding diaryl/α,β-unsaturated/α-hetero) is 1. The first-order chi connectivity index (χ1) is 16.4. The van der Waals surface area contributed by atoms with Crippen LogP contribution in [0.1, 0.15) is 27.1 Å². The Balaban J connectivity index is 1.28. The van der Waals surface area contributed by atoms with Crippen molar-refractivity contribution < 1.29 is 28.7 Å². The highest BCUT2D eigenvalue weighted by Crippen LogP contribution is 2.27. The van der Waals surface area contributed by atoms with Crippen molar-refractivity contribution in [1.82, 2.24) is 0 Å². The molecule has 1 aliphatic heterocycles. The van der Waals surface area contributed by atoms with Crippen LogP contribution in [-0.4, -0.2) is 36.8 Å². The predicted octanol–water partition coefficient (Wildman–Crippen LogP) is 4.45. The first-order valence-corrected chi connectivity index (χ1v) is 11.3. The summed E-state index contributed by atoms with van der Waals surface area (Å²) in [4.78, 5) is 50.9. The number of rotatable bonds is 7. The van der Waals surface area contributed by atoms with Gasteiger partial charge in [0.25, 0.3) is 0 Å². The lowest BCUT2D eigenvalue weighted by Gasteiger charge is -2.16. The first-order valence-electron chi connectivity index (χ1n) is 10.5. The highest BCUT2D eigenvalue weighted by atomic mass is 79.9. The molecule has 0 bridgehead atoms. The van der Waals surface area contributed by atoms with Gasteiger partial charge < -0.3 is 14.4 Å². The summed E-state index contributed by atoms with van der Waals surface area (Å²) in [6, 6.07) is 21.8. The van der Waals surface area contributed by atoms with Crippen LogP contribution in [0, 0.1) is 5.92 Å². The zero-order chi connectivity index (χ0) is 24.1. The van der Waals surface area contributed by atoms with E-state index in [9.17, 15) is 19.2 Å². The molecule has 0 aliphatic carbocycles. The molecule has 1 unspecified atom stereocenters. The van der Waals surface area contributed by atoms with Gasteiger partial charge in [0.15, 0.2) is 12.4 Å². The van der Waals surface area contributed by atoms with Crippen LogP contribution in [-0.2, 0) is 14.3 Å². The van der Waals surface area contributed by atoms with Crippen LogP contribution in [0.25, 0.3) is 0 Å². The molecule has 0 aromatic heterocycles. The number of halogens is 1. The predicted molar refractivity (Wildman–Crippen MR) is 128 cm³/mol. The van der Waals surface area contributed by atoms with Gasteiger partial charge in [-0.25, -0.2) is 4.79 Å². The molecule has 1 saturated heterocycles. The molecule has 1 heterocycles. The number of ether oxygens (including phenoxy) is 2. The van der Waals surface area contributed by atoms with Crippen molar-refractivity contribution >= 4 is 45.2 Å². The van der Waals surface area contributed by atoms with Gasteiger partial charge in [0.05, 0.1) is 11.5 Å². The van der Waals surface area contributed by atoms with E-state index in [1.165, 1.54) is 29.2 Å². The molecule has 4 rings (SSSR count). The third-order valence-electron chi connectivity index (χ3n) is 5.34. The van der Waals surface area contributed by atoms with Crippen molar-refractivity contribution in [3.8, 4) is 5.75 Å². The van der Waals surface area contributed by atoms with Crippen molar-refractivity contribution in [2.75, 3.05) is 18.1 Å². The van der Waals surface area contributed by atoms with Gasteiger partial charge in [0.1, 0.15) is 5.75 Å². The van der Waals surface area contributed by atoms with Crippen LogP contribution >= 0.6 is 15.9 Å². The van der Waals surface area contributed by atoms with Crippen molar-refractivity contribution in [2.45, 2.75) is 6.42 Å². The highest BCUT2D eigenvalue weighted by Gasteiger charge is 2.36. The number of anilines is 1. The number of esters is 2. The van der Waals surface area contributed by atoms with E-state index in [0.717, 1.165) is 4.47 Å². The van der Waals surface area contributed by atoms with Gasteiger partial charge in [-0.15, -0.1) is 0 Å². The molecule has 0 N–H and O–H groups in total. The third kappa shape index (κ3) is 5.58. The number of amides is 1. The van der Waals surface area contributed by atoms with Gasteiger partial charge in [0.2, 0.25) is 5.91 Å². The second-order valence-corrected chi connectivity index (χ2v) is 8.61. The molecule has 1 fully saturated rings. The number of benzene rings is 3. The Hall–Kier alpha value is -3.78. The summed E-state index contributed by atoms with van der Waals surface area (Å²) in [6.45, 7) is -0.236. The molecule has 3 aromatic carbocycles. The van der Waals surface area contributed by atoms with Crippen LogP contribution in [0.5, 0.6) is 5.75 Å². The normalized spacial score (nSPS) is 15.1. The van der Waals surface area contributed by atoms with E-state index in [1.807, 2.05) is 12.1 Å². The minimum atomic E-state index is -0.635. The van der Waals surface area contributed by atoms with Gasteiger partial charge in [-0.3, -0.25) is 14.4 Å². The second-order valence-electron chi connectivity index (χ2n) is 7.69. The van der Waals surface area contributed by atoms with E-state index in [4.69, 9.17) is 9.47 Å². The lowest BCUT2D eigenvalue weighted by Crippen LogP contribution is -2.27. The largest absolute Gasteiger partial charge is 0.457 e. The van der Waals surface area contributed by atoms with Crippen molar-refractivity contribution in [1.29, 1.82) is 0 Å². The molecule has 172 valence electrons. The maximum absolute atomic E-state index is 12.4. The van der Waals surface area contributed by atoms with E-state index in [1.54, 1.807) is 42.5 Å². The Morgan fingerprint density at radius 1 is 0.882 bits per heavy atom. The first kappa shape index (κ1) is 23.4. The van der Waals surface area contributed by atoms with E-state index < -0.39 is 30.2 Å². The lowest BCUT2D eigenvalue weighted by atomic mass is 10.1. The quantitative estimate of drug-likeness (QED) is 0.259. The molecule has 34 heavy (non-hydrogen) atoms. The average Bonchev–Trinajstić information content (AvgIpc) is 3.25. The minimum absolute atomic E-state index is 0.0323. The Labute approximate surface area is 204 Å². The van der Waals surface area contributed by atoms with Crippen LogP contribution < -0.4 is 9.64 Å². The standard InChI is InChI=1S/C26H20BrNO6/c27-20-8-10-21(11-9-20)28-15-19(14-24(28)30)25(31)33-16-23(29)17-6-12-22(13-7-17)34-26(32)18-4-2-1-3-5-18/h1-13,19H,14-16H2. The van der Waals surface area contributed by atoms with Crippen LogP contribution in [0.4, 0.5) is 5.69 Å². The number of hydrogen-bond acceptors (Lipinski definition) is 6. The van der Waals surface area contributed by atoms with Gasteiger partial charge >= 0.3 is 11.9 Å². The summed E-state index contributed by atoms with van der Waals surface area (Å²) in [7, 11) is 0. The fourth-order valence-corrected chi connectivity index (χ4v) is 3.79. The van der Waals surface area contributed by atoms with Gasteiger partial charge in [-0.05, 0) is 60.7 Å². The Morgan fingerprint density at radius 2 is 1.56 bits per heavy atom. The summed E-state index contributed by atoms with van der Waals surface area (Å²) in [5, 5.41) is 0. The van der Waals surface area contributed by atoms with Crippen molar-refractivity contribution in [3.05, 3.63) is 94.5 Å². The summed E-state index contributed by atoms with van der Waals surface area (Å²) in [5.41, 5.74) is 1.43. The highest BCUT2D eigenvalue weighted by molar-refractivity contribution is 9.10. The fourth-order valence-electron chi connectivity index (χ4n) is 3.52. The number of ketones is 1. The molecule has 0 radical (unpaired) electrons. The second kappa shape index (κ2) is 10.4. The van der Waals surface area contributed by atoms with Crippen LogP contribution in [0.15, 0.2) is 83.3 Å². The molecule has 0 saturated carbocycles. The van der Waals surface area contributed by atoms with E-state index in [-0.39, 0.29) is 18.9 Å². The summed E-state index contributed by atoms with van der Waals surface area (Å²) < 4.78 is 11.4. The van der Waals surface area contributed by atoms with Gasteiger partial charge in [-0.1, -0.05) is 34.1 Å². The van der Waals surface area contributed by atoms with Crippen LogP contribution in [0.2, 0.25) is 0 Å². The van der Waals surface area contributed by atoms with Gasteiger partial charge in [-0.2, -0.15) is 0 Å². The van der Waals surface area contributed by atoms with Crippen molar-refractivity contribution in [2.24, 2.45) is 5.92 Å². The summed E-state index contributed by atoms with van der Waals surface area (Å²) in [6.07, 6.45) is 0.0323. The molecule has 1 amide bonds. The molecule has 0 spiro atoms. The van der Waals surface area contributed by atoms with Gasteiger partial charge in [0, 0.05) is 28.7 Å². The molecule has 1 atom stereocenters. The molecule has 7 nitrogen and oxygen atoms in total. The van der Waals surface area contributed by atoms with Crippen LogP contribution in [0.3, 0.4) is 0 Å². The molecular formula is C26H20BrNO6. The Morgan fingerprint density at radius 3 is 2.24 bits per heavy atom. The zero-order valence-electron chi connectivity index (χ0n) is 18.0. The summed E-state index contributed by atoms with van der Waals surface area (Å²) in [5.74, 6) is -2.00. The Bertz CT molecular complexity index is 1210. The topological polar surface area (TPSA) is 90.0 Å². The Kier molecular flexibility index (Phi) is 7.18. The molecular weight excluding hydrogens is 502 g/mol. The molecule has 1 aliphatic rings. The maximum atomic E-state index is 12.4. The minimum Gasteiger partial charge on any atom is -0.457 e. The van der Waals surface area contributed by atoms with Crippen molar-refractivity contribution in [3.63, 3.8) is 0 Å².